The molecule has 0 heterocycles. The summed E-state index contributed by atoms with van der Waals surface area (Å²) >= 11 is -1.33. The van der Waals surface area contributed by atoms with Crippen molar-refractivity contribution in [3.63, 3.8) is 0 Å². The molecule has 0 radical (unpaired) electrons. The summed E-state index contributed by atoms with van der Waals surface area (Å²) in [6, 6.07) is 4.17. The quantitative estimate of drug-likeness (QED) is 0.512. The van der Waals surface area contributed by atoms with Crippen LogP contribution in [0.1, 0.15) is 30.5 Å². The molecule has 6 heteroatoms. The number of nitrogens with zero attached hydrogens (tertiary/aromatic N) is 1. The van der Waals surface area contributed by atoms with Crippen molar-refractivity contribution in [3.05, 3.63) is 28.8 Å². The molecule has 1 aromatic rings. The molecule has 0 aliphatic carbocycles. The summed E-state index contributed by atoms with van der Waals surface area (Å²) in [5.74, 6) is 0.0226. The number of benzene rings is 1. The number of hydrogen-bond acceptors (Lipinski definition) is 2. The Kier molecular flexibility index (Phi) is 8.97. The van der Waals surface area contributed by atoms with Gasteiger partial charge in [-0.15, -0.1) is 0 Å². The summed E-state index contributed by atoms with van der Waals surface area (Å²) < 4.78 is 0. The molecule has 19 heavy (non-hydrogen) atoms. The van der Waals surface area contributed by atoms with E-state index in [0.717, 1.165) is 16.8 Å². The molecule has 2 nitrogen and oxygen atoms in total. The van der Waals surface area contributed by atoms with Gasteiger partial charge in [0.25, 0.3) is 0 Å². The Balaban J connectivity index is 0.000000711. The van der Waals surface area contributed by atoms with Gasteiger partial charge >= 0.3 is 41.5 Å². The average Bonchev–Trinajstić information content (AvgIpc) is 2.21. The SMILES string of the molecule is CC(=O)C(C)=Nc1c(C)cc(C)cc1C.[Cl][Fe]([Cl])[Cl]. The Morgan fingerprint density at radius 1 is 1.05 bits per heavy atom. The maximum absolute atomic E-state index is 11.1. The van der Waals surface area contributed by atoms with Gasteiger partial charge in [-0.3, -0.25) is 4.79 Å². The van der Waals surface area contributed by atoms with E-state index in [2.05, 4.69) is 24.0 Å². The molecule has 0 unspecified atom stereocenters. The predicted molar refractivity (Wildman–Crippen MR) is 81.7 cm³/mol. The molecule has 0 bridgehead atoms. The third-order valence-electron chi connectivity index (χ3n) is 2.42. The first-order valence-electron chi connectivity index (χ1n) is 5.46. The van der Waals surface area contributed by atoms with Crippen molar-refractivity contribution in [1.82, 2.24) is 0 Å². The number of carbonyl (C=O) groups excluding carboxylic acids is 1. The predicted octanol–water partition coefficient (Wildman–Crippen LogP) is 5.36. The van der Waals surface area contributed by atoms with Crippen molar-refractivity contribution in [2.75, 3.05) is 0 Å². The van der Waals surface area contributed by atoms with Crippen LogP contribution in [0.15, 0.2) is 17.1 Å². The fourth-order valence-corrected chi connectivity index (χ4v) is 1.60. The molecule has 0 fully saturated rings. The van der Waals surface area contributed by atoms with E-state index in [1.807, 2.05) is 13.8 Å². The van der Waals surface area contributed by atoms with Crippen LogP contribution in [0, 0.1) is 20.8 Å². The summed E-state index contributed by atoms with van der Waals surface area (Å²) in [5.41, 5.74) is 4.95. The van der Waals surface area contributed by atoms with Gasteiger partial charge in [-0.25, -0.2) is 4.99 Å². The molecule has 0 saturated heterocycles. The van der Waals surface area contributed by atoms with Gasteiger partial charge in [0.05, 0.1) is 11.4 Å². The molecule has 109 valence electrons. The molecule has 1 aromatic carbocycles. The molecule has 0 atom stereocenters. The zero-order chi connectivity index (χ0) is 15.2. The Morgan fingerprint density at radius 2 is 1.42 bits per heavy atom. The number of aryl methyl sites for hydroxylation is 3. The Hall–Kier alpha value is -0.0505. The topological polar surface area (TPSA) is 29.4 Å². The number of carbonyl (C=O) groups is 1. The first-order valence-corrected chi connectivity index (χ1v) is 10.0. The Labute approximate surface area is 131 Å². The first kappa shape index (κ1) is 18.9. The molecule has 0 aliphatic rings. The number of ketones is 1. The number of halogens is 3. The Bertz CT molecular complexity index is 461. The number of hydrogen-bond donors (Lipinski definition) is 0. The van der Waals surface area contributed by atoms with E-state index in [1.165, 1.54) is 12.5 Å². The van der Waals surface area contributed by atoms with E-state index in [1.54, 1.807) is 6.92 Å². The van der Waals surface area contributed by atoms with Gasteiger partial charge in [-0.05, 0) is 38.8 Å². The van der Waals surface area contributed by atoms with Crippen LogP contribution < -0.4 is 0 Å². The molecule has 0 N–H and O–H groups in total. The van der Waals surface area contributed by atoms with E-state index in [-0.39, 0.29) is 5.78 Å². The number of aliphatic imine (C=N–C) groups is 1. The molecule has 0 aliphatic heterocycles. The van der Waals surface area contributed by atoms with Crippen molar-refractivity contribution in [1.29, 1.82) is 0 Å². The average molecular weight is 365 g/mol. The summed E-state index contributed by atoms with van der Waals surface area (Å²) in [5, 5.41) is 0. The molecular formula is C13H17Cl3FeNO. The summed E-state index contributed by atoms with van der Waals surface area (Å²) in [6.07, 6.45) is 0. The Morgan fingerprint density at radius 3 is 1.74 bits per heavy atom. The van der Waals surface area contributed by atoms with E-state index in [9.17, 15) is 4.79 Å². The molecule has 0 aromatic heterocycles. The van der Waals surface area contributed by atoms with Crippen LogP contribution in [-0.2, 0) is 16.0 Å². The second-order valence-electron chi connectivity index (χ2n) is 4.15. The van der Waals surface area contributed by atoms with Crippen molar-refractivity contribution < 1.29 is 16.0 Å². The van der Waals surface area contributed by atoms with Crippen LogP contribution in [0.5, 0.6) is 0 Å². The summed E-state index contributed by atoms with van der Waals surface area (Å²) in [7, 11) is 14.7. The van der Waals surface area contributed by atoms with Crippen LogP contribution in [-0.4, -0.2) is 11.5 Å². The van der Waals surface area contributed by atoms with Crippen molar-refractivity contribution in [2.24, 2.45) is 4.99 Å². The second kappa shape index (κ2) is 8.99. The molecular weight excluding hydrogens is 348 g/mol. The molecule has 0 spiro atoms. The first-order chi connectivity index (χ1) is 8.65. The van der Waals surface area contributed by atoms with E-state index in [0.29, 0.717) is 5.71 Å². The van der Waals surface area contributed by atoms with Crippen LogP contribution >= 0.6 is 30.3 Å². The van der Waals surface area contributed by atoms with Crippen molar-refractivity contribution in [3.8, 4) is 0 Å². The fraction of sp³-hybridized carbons (Fsp3) is 0.385. The molecule has 0 saturated carbocycles. The second-order valence-corrected chi connectivity index (χ2v) is 9.62. The third-order valence-corrected chi connectivity index (χ3v) is 2.42. The number of Topliss-reactive ketones (excluding diaryl/α,β-unsaturated/α-hetero) is 1. The molecule has 1 rings (SSSR count). The van der Waals surface area contributed by atoms with Gasteiger partial charge in [0, 0.05) is 6.92 Å². The zero-order valence-electron chi connectivity index (χ0n) is 11.5. The van der Waals surface area contributed by atoms with Crippen LogP contribution in [0.3, 0.4) is 0 Å². The maximum atomic E-state index is 11.1. The monoisotopic (exact) mass is 364 g/mol. The third kappa shape index (κ3) is 7.96. The standard InChI is InChI=1S/C13H17NO.3ClH.Fe/c1-8-6-9(2)13(10(3)7-8)14-11(4)12(5)15;;;;/h6-7H,1-5H3;3*1H;/q;;;;+3/p-3. The zero-order valence-corrected chi connectivity index (χ0v) is 14.9. The molecule has 0 amide bonds. The van der Waals surface area contributed by atoms with Crippen LogP contribution in [0.2, 0.25) is 0 Å². The van der Waals surface area contributed by atoms with Gasteiger partial charge in [-0.2, -0.15) is 0 Å². The van der Waals surface area contributed by atoms with Gasteiger partial charge in [0.2, 0.25) is 0 Å². The van der Waals surface area contributed by atoms with Crippen molar-refractivity contribution in [2.45, 2.75) is 34.6 Å². The van der Waals surface area contributed by atoms with Crippen molar-refractivity contribution >= 4 is 47.5 Å². The van der Waals surface area contributed by atoms with Gasteiger partial charge < -0.3 is 0 Å². The minimum atomic E-state index is -1.33. The minimum absolute atomic E-state index is 0.0226. The number of rotatable bonds is 2. The normalized spacial score (nSPS) is 11.6. The summed E-state index contributed by atoms with van der Waals surface area (Å²) in [6.45, 7) is 9.39. The van der Waals surface area contributed by atoms with Gasteiger partial charge in [-0.1, -0.05) is 17.7 Å². The van der Waals surface area contributed by atoms with E-state index in [4.69, 9.17) is 30.3 Å². The fourth-order valence-electron chi connectivity index (χ4n) is 1.60. The summed E-state index contributed by atoms with van der Waals surface area (Å²) in [4.78, 5) is 15.5. The van der Waals surface area contributed by atoms with Crippen LogP contribution in [0.25, 0.3) is 0 Å². The van der Waals surface area contributed by atoms with E-state index < -0.39 is 11.2 Å². The van der Waals surface area contributed by atoms with Crippen LogP contribution in [0.4, 0.5) is 5.69 Å². The van der Waals surface area contributed by atoms with Gasteiger partial charge in [0.15, 0.2) is 5.78 Å². The van der Waals surface area contributed by atoms with Gasteiger partial charge in [0.1, 0.15) is 0 Å². The van der Waals surface area contributed by atoms with E-state index >= 15 is 0 Å².